The van der Waals surface area contributed by atoms with Crippen molar-refractivity contribution in [3.8, 4) is 0 Å². The van der Waals surface area contributed by atoms with Gasteiger partial charge in [-0.3, -0.25) is 0 Å². The van der Waals surface area contributed by atoms with Crippen LogP contribution in [0.15, 0.2) is 15.2 Å². The SMILES string of the molecule is Cc1cscc1CNc1nnc(C(C)Cl)o1. The van der Waals surface area contributed by atoms with Crippen molar-refractivity contribution in [1.82, 2.24) is 10.2 Å². The van der Waals surface area contributed by atoms with Gasteiger partial charge in [0.1, 0.15) is 5.38 Å². The largest absolute Gasteiger partial charge is 0.406 e. The van der Waals surface area contributed by atoms with Crippen molar-refractivity contribution in [2.24, 2.45) is 0 Å². The number of aromatic nitrogens is 2. The quantitative estimate of drug-likeness (QED) is 0.854. The molecule has 2 aromatic rings. The number of halogens is 1. The molecule has 4 nitrogen and oxygen atoms in total. The summed E-state index contributed by atoms with van der Waals surface area (Å²) in [6.07, 6.45) is 0. The molecular formula is C10H12ClN3OS. The molecule has 0 aromatic carbocycles. The summed E-state index contributed by atoms with van der Waals surface area (Å²) in [5.74, 6) is 0.436. The molecule has 0 fully saturated rings. The van der Waals surface area contributed by atoms with E-state index in [-0.39, 0.29) is 5.38 Å². The molecule has 0 saturated carbocycles. The monoisotopic (exact) mass is 257 g/mol. The molecule has 6 heteroatoms. The van der Waals surface area contributed by atoms with E-state index in [0.29, 0.717) is 18.5 Å². The molecule has 0 amide bonds. The van der Waals surface area contributed by atoms with Crippen LogP contribution in [0.1, 0.15) is 29.3 Å². The van der Waals surface area contributed by atoms with Crippen LogP contribution in [-0.2, 0) is 6.54 Å². The van der Waals surface area contributed by atoms with Crippen molar-refractivity contribution >= 4 is 29.0 Å². The first kappa shape index (κ1) is 11.4. The predicted molar refractivity (Wildman–Crippen MR) is 64.9 cm³/mol. The predicted octanol–water partition coefficient (Wildman–Crippen LogP) is 3.35. The van der Waals surface area contributed by atoms with E-state index >= 15 is 0 Å². The minimum atomic E-state index is -0.258. The summed E-state index contributed by atoms with van der Waals surface area (Å²) in [5.41, 5.74) is 2.51. The third-order valence-corrected chi connectivity index (χ3v) is 3.27. The molecule has 0 aliphatic heterocycles. The molecule has 16 heavy (non-hydrogen) atoms. The minimum absolute atomic E-state index is 0.258. The molecule has 0 radical (unpaired) electrons. The van der Waals surface area contributed by atoms with Crippen LogP contribution in [0, 0.1) is 6.92 Å². The van der Waals surface area contributed by atoms with Gasteiger partial charge in [-0.1, -0.05) is 5.10 Å². The van der Waals surface area contributed by atoms with Crippen molar-refractivity contribution in [2.75, 3.05) is 5.32 Å². The van der Waals surface area contributed by atoms with Gasteiger partial charge in [0.15, 0.2) is 0 Å². The third-order valence-electron chi connectivity index (χ3n) is 2.17. The van der Waals surface area contributed by atoms with Crippen molar-refractivity contribution in [2.45, 2.75) is 25.8 Å². The molecule has 1 atom stereocenters. The average molecular weight is 258 g/mol. The lowest BCUT2D eigenvalue weighted by atomic mass is 10.2. The first-order valence-electron chi connectivity index (χ1n) is 4.90. The lowest BCUT2D eigenvalue weighted by Gasteiger charge is -2.00. The van der Waals surface area contributed by atoms with Gasteiger partial charge in [0.25, 0.3) is 0 Å². The number of hydrogen-bond acceptors (Lipinski definition) is 5. The molecule has 86 valence electrons. The second-order valence-corrected chi connectivity index (χ2v) is 4.89. The molecule has 1 unspecified atom stereocenters. The van der Waals surface area contributed by atoms with E-state index in [1.807, 2.05) is 0 Å². The second-order valence-electron chi connectivity index (χ2n) is 3.50. The fraction of sp³-hybridized carbons (Fsp3) is 0.400. The lowest BCUT2D eigenvalue weighted by Crippen LogP contribution is -1.99. The van der Waals surface area contributed by atoms with Crippen LogP contribution < -0.4 is 5.32 Å². The maximum Gasteiger partial charge on any atom is 0.315 e. The van der Waals surface area contributed by atoms with Gasteiger partial charge in [0.2, 0.25) is 5.89 Å². The number of rotatable bonds is 4. The summed E-state index contributed by atoms with van der Waals surface area (Å²) in [6, 6.07) is 0.410. The van der Waals surface area contributed by atoms with Crippen LogP contribution in [-0.4, -0.2) is 10.2 Å². The van der Waals surface area contributed by atoms with E-state index in [1.165, 1.54) is 11.1 Å². The number of aryl methyl sites for hydroxylation is 1. The Labute approximate surface area is 103 Å². The Morgan fingerprint density at radius 3 is 2.88 bits per heavy atom. The van der Waals surface area contributed by atoms with Crippen LogP contribution in [0.3, 0.4) is 0 Å². The third kappa shape index (κ3) is 2.54. The Morgan fingerprint density at radius 2 is 2.31 bits per heavy atom. The van der Waals surface area contributed by atoms with Crippen LogP contribution in [0.25, 0.3) is 0 Å². The van der Waals surface area contributed by atoms with Gasteiger partial charge in [-0.2, -0.15) is 11.3 Å². The van der Waals surface area contributed by atoms with Gasteiger partial charge in [-0.15, -0.1) is 16.7 Å². The Balaban J connectivity index is 1.97. The van der Waals surface area contributed by atoms with E-state index in [0.717, 1.165) is 0 Å². The minimum Gasteiger partial charge on any atom is -0.406 e. The highest BCUT2D eigenvalue weighted by atomic mass is 35.5. The van der Waals surface area contributed by atoms with Gasteiger partial charge in [0.05, 0.1) is 0 Å². The van der Waals surface area contributed by atoms with Crippen molar-refractivity contribution in [1.29, 1.82) is 0 Å². The number of anilines is 1. The van der Waals surface area contributed by atoms with E-state index < -0.39 is 0 Å². The number of nitrogens with zero attached hydrogens (tertiary/aromatic N) is 2. The zero-order valence-corrected chi connectivity index (χ0v) is 10.6. The van der Waals surface area contributed by atoms with Crippen molar-refractivity contribution in [3.63, 3.8) is 0 Å². The van der Waals surface area contributed by atoms with Crippen LogP contribution >= 0.6 is 22.9 Å². The molecule has 2 heterocycles. The van der Waals surface area contributed by atoms with E-state index in [1.54, 1.807) is 18.3 Å². The molecular weight excluding hydrogens is 246 g/mol. The van der Waals surface area contributed by atoms with Gasteiger partial charge in [-0.25, -0.2) is 0 Å². The summed E-state index contributed by atoms with van der Waals surface area (Å²) in [5, 5.41) is 14.7. The highest BCUT2D eigenvalue weighted by molar-refractivity contribution is 7.08. The first-order valence-corrected chi connectivity index (χ1v) is 6.27. The summed E-state index contributed by atoms with van der Waals surface area (Å²) in [4.78, 5) is 0. The maximum absolute atomic E-state index is 5.82. The highest BCUT2D eigenvalue weighted by Crippen LogP contribution is 2.20. The fourth-order valence-electron chi connectivity index (χ4n) is 1.21. The van der Waals surface area contributed by atoms with Crippen LogP contribution in [0.5, 0.6) is 0 Å². The average Bonchev–Trinajstić information content (AvgIpc) is 2.83. The fourth-order valence-corrected chi connectivity index (χ4v) is 2.15. The summed E-state index contributed by atoms with van der Waals surface area (Å²) in [6.45, 7) is 4.56. The molecule has 0 spiro atoms. The normalized spacial score (nSPS) is 12.7. The Morgan fingerprint density at radius 1 is 1.50 bits per heavy atom. The second kappa shape index (κ2) is 4.84. The smallest absolute Gasteiger partial charge is 0.315 e. The zero-order valence-electron chi connectivity index (χ0n) is 9.03. The van der Waals surface area contributed by atoms with Gasteiger partial charge >= 0.3 is 6.01 Å². The van der Waals surface area contributed by atoms with E-state index in [2.05, 4.69) is 33.2 Å². The molecule has 0 bridgehead atoms. The van der Waals surface area contributed by atoms with Crippen molar-refractivity contribution < 1.29 is 4.42 Å². The summed E-state index contributed by atoms with van der Waals surface area (Å²) < 4.78 is 5.32. The number of alkyl halides is 1. The molecule has 0 aliphatic rings. The molecule has 0 aliphatic carbocycles. The molecule has 2 aromatic heterocycles. The lowest BCUT2D eigenvalue weighted by molar-refractivity contribution is 0.505. The van der Waals surface area contributed by atoms with Crippen molar-refractivity contribution in [3.05, 3.63) is 27.8 Å². The topological polar surface area (TPSA) is 51.0 Å². The number of nitrogens with one attached hydrogen (secondary N) is 1. The highest BCUT2D eigenvalue weighted by Gasteiger charge is 2.10. The number of hydrogen-bond donors (Lipinski definition) is 1. The van der Waals surface area contributed by atoms with Crippen LogP contribution in [0.2, 0.25) is 0 Å². The number of thiophene rings is 1. The first-order chi connectivity index (χ1) is 7.66. The van der Waals surface area contributed by atoms with Gasteiger partial charge < -0.3 is 9.73 Å². The summed E-state index contributed by atoms with van der Waals surface area (Å²) in [7, 11) is 0. The molecule has 0 saturated heterocycles. The Bertz CT molecular complexity index is 466. The molecule has 2 rings (SSSR count). The molecule has 1 N–H and O–H groups in total. The standard InChI is InChI=1S/C10H12ClN3OS/c1-6-4-16-5-8(6)3-12-10-14-13-9(15-10)7(2)11/h4-5,7H,3H2,1-2H3,(H,12,14). The van der Waals surface area contributed by atoms with Gasteiger partial charge in [0, 0.05) is 6.54 Å². The maximum atomic E-state index is 5.82. The van der Waals surface area contributed by atoms with Crippen LogP contribution in [0.4, 0.5) is 6.01 Å². The zero-order chi connectivity index (χ0) is 11.5. The van der Waals surface area contributed by atoms with Gasteiger partial charge in [-0.05, 0) is 35.7 Å². The Hall–Kier alpha value is -1.07. The summed E-state index contributed by atoms with van der Waals surface area (Å²) >= 11 is 7.50. The van der Waals surface area contributed by atoms with E-state index in [9.17, 15) is 0 Å². The Kier molecular flexibility index (Phi) is 3.46. The van der Waals surface area contributed by atoms with E-state index in [4.69, 9.17) is 16.0 Å².